The summed E-state index contributed by atoms with van der Waals surface area (Å²) in [7, 11) is 2.04. The minimum atomic E-state index is -0.971. The van der Waals surface area contributed by atoms with E-state index in [-0.39, 0.29) is 11.6 Å². The van der Waals surface area contributed by atoms with E-state index in [0.717, 1.165) is 6.54 Å². The molecule has 6 nitrogen and oxygen atoms in total. The molecule has 116 valence electrons. The van der Waals surface area contributed by atoms with E-state index in [4.69, 9.17) is 5.11 Å². The first-order valence-corrected chi connectivity index (χ1v) is 8.15. The molecule has 0 aromatic rings. The Bertz CT molecular complexity index is 363. The van der Waals surface area contributed by atoms with Crippen LogP contribution < -0.4 is 5.32 Å². The summed E-state index contributed by atoms with van der Waals surface area (Å²) in [5.74, 6) is -0.258. The first-order chi connectivity index (χ1) is 9.27. The molecule has 0 radical (unpaired) electrons. The molecule has 0 spiro atoms. The lowest BCUT2D eigenvalue weighted by molar-refractivity contribution is -0.139. The van der Waals surface area contributed by atoms with Gasteiger partial charge < -0.3 is 15.3 Å². The summed E-state index contributed by atoms with van der Waals surface area (Å²) in [5, 5.41) is 11.8. The minimum Gasteiger partial charge on any atom is -0.480 e. The normalized spacial score (nSPS) is 20.5. The number of nitrogens with one attached hydrogen (secondary N) is 1. The molecule has 0 unspecified atom stereocenters. The smallest absolute Gasteiger partial charge is 0.326 e. The first-order valence-electron chi connectivity index (χ1n) is 6.76. The summed E-state index contributed by atoms with van der Waals surface area (Å²) < 4.78 is 0. The second kappa shape index (κ2) is 7.17. The zero-order chi connectivity index (χ0) is 15.3. The maximum atomic E-state index is 12.2. The van der Waals surface area contributed by atoms with Crippen molar-refractivity contribution in [3.05, 3.63) is 0 Å². The second-order valence-electron chi connectivity index (χ2n) is 5.78. The highest BCUT2D eigenvalue weighted by Crippen LogP contribution is 2.18. The molecule has 2 amide bonds. The van der Waals surface area contributed by atoms with Crippen LogP contribution in [0.1, 0.15) is 20.3 Å². The molecular weight excluding hydrogens is 278 g/mol. The van der Waals surface area contributed by atoms with Crippen molar-refractivity contribution < 1.29 is 14.7 Å². The number of carbonyl (C=O) groups is 2. The summed E-state index contributed by atoms with van der Waals surface area (Å²) in [5.41, 5.74) is -0.0897. The summed E-state index contributed by atoms with van der Waals surface area (Å²) in [4.78, 5) is 27.3. The highest BCUT2D eigenvalue weighted by Gasteiger charge is 2.34. The number of hydrogen-bond acceptors (Lipinski definition) is 4. The van der Waals surface area contributed by atoms with Gasteiger partial charge >= 0.3 is 12.0 Å². The van der Waals surface area contributed by atoms with Crippen LogP contribution in [0.15, 0.2) is 0 Å². The van der Waals surface area contributed by atoms with Crippen LogP contribution >= 0.6 is 11.8 Å². The van der Waals surface area contributed by atoms with Gasteiger partial charge in [-0.15, -0.1) is 0 Å². The summed E-state index contributed by atoms with van der Waals surface area (Å²) in [6, 6.07) is -1.09. The van der Waals surface area contributed by atoms with E-state index in [9.17, 15) is 9.59 Å². The van der Waals surface area contributed by atoms with Crippen molar-refractivity contribution in [2.24, 2.45) is 0 Å². The van der Waals surface area contributed by atoms with Crippen LogP contribution in [0.4, 0.5) is 4.79 Å². The van der Waals surface area contributed by atoms with E-state index in [2.05, 4.69) is 24.1 Å². The van der Waals surface area contributed by atoms with Crippen molar-refractivity contribution in [2.75, 3.05) is 38.7 Å². The van der Waals surface area contributed by atoms with Crippen LogP contribution in [-0.4, -0.2) is 77.2 Å². The number of urea groups is 1. The van der Waals surface area contributed by atoms with E-state index < -0.39 is 12.0 Å². The molecule has 0 bridgehead atoms. The molecule has 7 heteroatoms. The van der Waals surface area contributed by atoms with Gasteiger partial charge in [-0.3, -0.25) is 4.90 Å². The Hall–Kier alpha value is -0.950. The number of hydrogen-bond donors (Lipinski definition) is 2. The molecule has 1 atom stereocenters. The molecule has 1 fully saturated rings. The molecule has 1 saturated heterocycles. The van der Waals surface area contributed by atoms with E-state index in [1.807, 2.05) is 13.3 Å². The van der Waals surface area contributed by atoms with Crippen LogP contribution in [0.2, 0.25) is 0 Å². The molecule has 1 aliphatic rings. The number of thioether (sulfide) groups is 1. The summed E-state index contributed by atoms with van der Waals surface area (Å²) >= 11 is 1.58. The fourth-order valence-electron chi connectivity index (χ4n) is 2.15. The number of carboxylic acids is 1. The average molecular weight is 303 g/mol. The van der Waals surface area contributed by atoms with Gasteiger partial charge in [0.1, 0.15) is 6.04 Å². The lowest BCUT2D eigenvalue weighted by atomic mass is 10.00. The Balaban J connectivity index is 2.58. The third-order valence-electron chi connectivity index (χ3n) is 3.81. The van der Waals surface area contributed by atoms with Crippen molar-refractivity contribution in [1.29, 1.82) is 0 Å². The van der Waals surface area contributed by atoms with Crippen molar-refractivity contribution in [3.63, 3.8) is 0 Å². The number of piperazine rings is 1. The molecule has 20 heavy (non-hydrogen) atoms. The number of nitrogens with zero attached hydrogens (tertiary/aromatic N) is 2. The Labute approximate surface area is 124 Å². The Kier molecular flexibility index (Phi) is 6.13. The standard InChI is InChI=1S/C13H25N3O3S/c1-13(2)9-16(7-6-15(13)3)12(19)14-10(11(17)18)5-8-20-4/h10H,5-9H2,1-4H3,(H,14,19)(H,17,18)/t10-/m1/s1. The molecule has 0 aliphatic carbocycles. The molecular formula is C13H25N3O3S. The largest absolute Gasteiger partial charge is 0.480 e. The number of likely N-dealkylation sites (N-methyl/N-ethyl adjacent to an activating group) is 1. The monoisotopic (exact) mass is 303 g/mol. The number of amides is 2. The number of rotatable bonds is 5. The molecule has 1 aliphatic heterocycles. The van der Waals surface area contributed by atoms with Gasteiger partial charge in [-0.25, -0.2) is 9.59 Å². The van der Waals surface area contributed by atoms with Gasteiger partial charge in [0, 0.05) is 25.2 Å². The number of carbonyl (C=O) groups excluding carboxylic acids is 1. The number of aliphatic carboxylic acids is 1. The average Bonchev–Trinajstić information content (AvgIpc) is 2.37. The van der Waals surface area contributed by atoms with Crippen LogP contribution in [0, 0.1) is 0 Å². The molecule has 1 rings (SSSR count). The third kappa shape index (κ3) is 4.56. The predicted octanol–water partition coefficient (Wildman–Crippen LogP) is 0.928. The fourth-order valence-corrected chi connectivity index (χ4v) is 2.62. The predicted molar refractivity (Wildman–Crippen MR) is 81.2 cm³/mol. The Morgan fingerprint density at radius 2 is 2.05 bits per heavy atom. The molecule has 2 N–H and O–H groups in total. The van der Waals surface area contributed by atoms with Crippen LogP contribution in [-0.2, 0) is 4.79 Å². The van der Waals surface area contributed by atoms with Gasteiger partial charge in [-0.2, -0.15) is 11.8 Å². The molecule has 0 aromatic heterocycles. The van der Waals surface area contributed by atoms with E-state index in [0.29, 0.717) is 25.3 Å². The van der Waals surface area contributed by atoms with Crippen molar-refractivity contribution in [1.82, 2.24) is 15.1 Å². The summed E-state index contributed by atoms with van der Waals surface area (Å²) in [6.07, 6.45) is 2.36. The molecule has 0 saturated carbocycles. The maximum Gasteiger partial charge on any atom is 0.326 e. The zero-order valence-corrected chi connectivity index (χ0v) is 13.5. The van der Waals surface area contributed by atoms with Gasteiger partial charge in [0.25, 0.3) is 0 Å². The van der Waals surface area contributed by atoms with Gasteiger partial charge in [0.15, 0.2) is 0 Å². The van der Waals surface area contributed by atoms with Crippen LogP contribution in [0.25, 0.3) is 0 Å². The van der Waals surface area contributed by atoms with Crippen molar-refractivity contribution >= 4 is 23.8 Å². The van der Waals surface area contributed by atoms with E-state index in [1.54, 1.807) is 16.7 Å². The van der Waals surface area contributed by atoms with Crippen molar-refractivity contribution in [2.45, 2.75) is 31.8 Å². The maximum absolute atomic E-state index is 12.2. The molecule has 1 heterocycles. The fraction of sp³-hybridized carbons (Fsp3) is 0.846. The highest BCUT2D eigenvalue weighted by molar-refractivity contribution is 7.98. The van der Waals surface area contributed by atoms with Crippen LogP contribution in [0.3, 0.4) is 0 Å². The third-order valence-corrected chi connectivity index (χ3v) is 4.45. The Morgan fingerprint density at radius 3 is 2.55 bits per heavy atom. The lowest BCUT2D eigenvalue weighted by Crippen LogP contribution is -2.61. The first kappa shape index (κ1) is 17.1. The van der Waals surface area contributed by atoms with Gasteiger partial charge in [0.2, 0.25) is 0 Å². The topological polar surface area (TPSA) is 72.9 Å². The SMILES string of the molecule is CSCC[C@@H](NC(=O)N1CCN(C)C(C)(C)C1)C(=O)O. The van der Waals surface area contributed by atoms with Crippen LogP contribution in [0.5, 0.6) is 0 Å². The van der Waals surface area contributed by atoms with Gasteiger partial charge in [0.05, 0.1) is 0 Å². The van der Waals surface area contributed by atoms with E-state index in [1.165, 1.54) is 0 Å². The summed E-state index contributed by atoms with van der Waals surface area (Å²) in [6.45, 7) is 6.18. The minimum absolute atomic E-state index is 0.0897. The van der Waals surface area contributed by atoms with Gasteiger partial charge in [-0.1, -0.05) is 0 Å². The van der Waals surface area contributed by atoms with Crippen molar-refractivity contribution in [3.8, 4) is 0 Å². The molecule has 0 aromatic carbocycles. The Morgan fingerprint density at radius 1 is 1.40 bits per heavy atom. The lowest BCUT2D eigenvalue weighted by Gasteiger charge is -2.45. The zero-order valence-electron chi connectivity index (χ0n) is 12.7. The quantitative estimate of drug-likeness (QED) is 0.790. The van der Waals surface area contributed by atoms with E-state index >= 15 is 0 Å². The highest BCUT2D eigenvalue weighted by atomic mass is 32.2. The number of carboxylic acid groups (broad SMARTS) is 1. The second-order valence-corrected chi connectivity index (χ2v) is 6.76. The van der Waals surface area contributed by atoms with Gasteiger partial charge in [-0.05, 0) is 39.3 Å².